The van der Waals surface area contributed by atoms with Crippen LogP contribution in [0.1, 0.15) is 0 Å². The molecule has 0 unspecified atom stereocenters. The van der Waals surface area contributed by atoms with Crippen LogP contribution in [-0.4, -0.2) is 14.8 Å². The standard InChI is InChI=1S/B2NS/c1-3-4-2. The van der Waals surface area contributed by atoms with Gasteiger partial charge < -0.3 is 0 Å². The molecule has 0 heterocycles. The molecular weight excluding hydrogens is 67.7 g/mol. The number of hydrogen-bond donors (Lipinski definition) is 0. The Bertz CT molecular complexity index is 20.0. The summed E-state index contributed by atoms with van der Waals surface area (Å²) in [6, 6.07) is 0. The second-order valence-corrected chi connectivity index (χ2v) is 0.632. The second-order valence-electron chi connectivity index (χ2n) is 0.211. The maximum atomic E-state index is 4.65. The van der Waals surface area contributed by atoms with E-state index in [1.807, 2.05) is 0 Å². The van der Waals surface area contributed by atoms with Gasteiger partial charge in [-0.2, -0.15) is 0 Å². The molecule has 0 amide bonds. The van der Waals surface area contributed by atoms with Crippen molar-refractivity contribution in [1.29, 1.82) is 0 Å². The van der Waals surface area contributed by atoms with Crippen LogP contribution in [0, 0.1) is 0 Å². The topological polar surface area (TPSA) is 12.4 Å². The summed E-state index contributed by atoms with van der Waals surface area (Å²) >= 11 is 0.759. The first-order valence-electron chi connectivity index (χ1n) is 0.676. The quantitative estimate of drug-likeness (QED) is 0.312. The van der Waals surface area contributed by atoms with E-state index in [9.17, 15) is 0 Å². The van der Waals surface area contributed by atoms with Crippen molar-refractivity contribution < 1.29 is 0 Å². The summed E-state index contributed by atoms with van der Waals surface area (Å²) in [5.74, 6) is 0. The molecule has 0 fully saturated rings. The molecule has 0 N–H and O–H groups in total. The van der Waals surface area contributed by atoms with Crippen LogP contribution in [0.25, 0.3) is 0 Å². The van der Waals surface area contributed by atoms with Crippen molar-refractivity contribution in [3.05, 3.63) is 0 Å². The van der Waals surface area contributed by atoms with Gasteiger partial charge in [0, 0.05) is 0 Å². The number of nitrogens with zero attached hydrogens (tertiary/aromatic N) is 1. The number of rotatable bonds is 1. The van der Waals surface area contributed by atoms with E-state index in [1.54, 1.807) is 0 Å². The van der Waals surface area contributed by atoms with Gasteiger partial charge in [0.05, 0.1) is 0 Å². The molecule has 0 aromatic rings. The molecule has 4 heteroatoms. The molecule has 0 saturated heterocycles. The van der Waals surface area contributed by atoms with Crippen molar-refractivity contribution in [2.75, 3.05) is 0 Å². The molecule has 4 heavy (non-hydrogen) atoms. The third-order valence-electron chi connectivity index (χ3n) is 0.0609. The number of hydrogen-bond acceptors (Lipinski definition) is 2. The van der Waals surface area contributed by atoms with Crippen LogP contribution in [0.5, 0.6) is 0 Å². The molecule has 0 atom stereocenters. The summed E-state index contributed by atoms with van der Waals surface area (Å²) in [6.45, 7) is 0. The van der Waals surface area contributed by atoms with Crippen molar-refractivity contribution in [2.45, 2.75) is 0 Å². The average molecular weight is 67.7 g/mol. The molecule has 0 aliphatic heterocycles. The van der Waals surface area contributed by atoms with E-state index in [-0.39, 0.29) is 0 Å². The molecule has 0 spiro atoms. The molecule has 0 saturated carbocycles. The van der Waals surface area contributed by atoms with Gasteiger partial charge in [0.25, 0.3) is 0 Å². The van der Waals surface area contributed by atoms with E-state index in [2.05, 4.69) is 19.1 Å². The molecule has 0 aromatic carbocycles. The molecule has 0 bridgehead atoms. The molecule has 1 nitrogen and oxygen atoms in total. The Morgan fingerprint density at radius 3 is 2.00 bits per heavy atom. The van der Waals surface area contributed by atoms with Gasteiger partial charge in [-0.25, -0.2) is 0 Å². The first-order valence-corrected chi connectivity index (χ1v) is 1.51. The third kappa shape index (κ3) is 2.28. The summed E-state index contributed by atoms with van der Waals surface area (Å²) in [5.41, 5.74) is 0. The average Bonchev–Trinajstić information content (AvgIpc) is 1.37. The van der Waals surface area contributed by atoms with Crippen LogP contribution in [0.3, 0.4) is 0 Å². The summed E-state index contributed by atoms with van der Waals surface area (Å²) in [7, 11) is 9.14. The van der Waals surface area contributed by atoms with E-state index >= 15 is 0 Å². The second kappa shape index (κ2) is 3.28. The Balaban J connectivity index is 2.30. The van der Waals surface area contributed by atoms with E-state index in [0.29, 0.717) is 0 Å². The van der Waals surface area contributed by atoms with Gasteiger partial charge in [-0.3, -0.25) is 0 Å². The van der Waals surface area contributed by atoms with Gasteiger partial charge in [-0.05, 0) is 0 Å². The van der Waals surface area contributed by atoms with Gasteiger partial charge in [-0.15, -0.1) is 0 Å². The van der Waals surface area contributed by atoms with Gasteiger partial charge >= 0.3 is 30.9 Å². The van der Waals surface area contributed by atoms with E-state index in [4.69, 9.17) is 0 Å². The first-order chi connectivity index (χ1) is 1.91. The van der Waals surface area contributed by atoms with Gasteiger partial charge in [0.1, 0.15) is 0 Å². The van der Waals surface area contributed by atoms with Crippen LogP contribution in [0.4, 0.5) is 0 Å². The molecule has 0 aliphatic rings. The minimum absolute atomic E-state index is 0.759. The Hall–Kier alpha value is 0.280. The van der Waals surface area contributed by atoms with Crippen LogP contribution in [0.2, 0.25) is 0 Å². The van der Waals surface area contributed by atoms with E-state index < -0.39 is 0 Å². The summed E-state index contributed by atoms with van der Waals surface area (Å²) in [4.78, 5) is 0. The minimum atomic E-state index is 0.759. The fraction of sp³-hybridized carbons (Fsp3) is 0. The van der Waals surface area contributed by atoms with Crippen molar-refractivity contribution in [3.63, 3.8) is 0 Å². The van der Waals surface area contributed by atoms with Crippen LogP contribution >= 0.6 is 11.8 Å². The molecule has 0 aliphatic carbocycles. The van der Waals surface area contributed by atoms with Crippen molar-refractivity contribution in [1.82, 2.24) is 0 Å². The zero-order valence-electron chi connectivity index (χ0n) is 2.01. The monoisotopic (exact) mass is 68.0 g/mol. The van der Waals surface area contributed by atoms with Crippen molar-refractivity contribution in [3.8, 4) is 0 Å². The van der Waals surface area contributed by atoms with Crippen LogP contribution < -0.4 is 0 Å². The Morgan fingerprint density at radius 1 is 1.75 bits per heavy atom. The zero-order valence-corrected chi connectivity index (χ0v) is 2.83. The molecule has 0 aromatic heterocycles. The summed E-state index contributed by atoms with van der Waals surface area (Å²) < 4.78 is 2.93. The van der Waals surface area contributed by atoms with Gasteiger partial charge in [0.15, 0.2) is 0 Å². The Labute approximate surface area is 31.7 Å². The molecular formula is B2NS. The van der Waals surface area contributed by atoms with E-state index in [0.717, 1.165) is 11.8 Å². The van der Waals surface area contributed by atoms with Crippen LogP contribution in [-0.2, 0) is 0 Å². The predicted molar refractivity (Wildman–Crippen MR) is 21.5 cm³/mol. The fourth-order valence-corrected chi connectivity index (χ4v) is 0. The maximum absolute atomic E-state index is 4.65. The van der Waals surface area contributed by atoms with Gasteiger partial charge in [0.2, 0.25) is 0 Å². The Kier molecular flexibility index (Phi) is 3.51. The fourth-order valence-electron chi connectivity index (χ4n) is 0. The van der Waals surface area contributed by atoms with Crippen molar-refractivity contribution >= 4 is 26.6 Å². The summed E-state index contributed by atoms with van der Waals surface area (Å²) in [5, 5.41) is 0. The normalized spacial score (nSPS) is 5.75. The van der Waals surface area contributed by atoms with Gasteiger partial charge in [-0.1, -0.05) is 0 Å². The Morgan fingerprint density at radius 2 is 2.00 bits per heavy atom. The molecule has 3 radical (unpaired) electrons. The predicted octanol–water partition coefficient (Wildman–Crippen LogP) is 0.0702. The first kappa shape index (κ1) is 4.28. The van der Waals surface area contributed by atoms with Crippen LogP contribution in [0.15, 0.2) is 4.30 Å². The third-order valence-corrected chi connectivity index (χ3v) is 0.183. The zero-order chi connectivity index (χ0) is 3.41. The summed E-state index contributed by atoms with van der Waals surface area (Å²) in [6.07, 6.45) is 0. The molecule has 0 rings (SSSR count). The molecule has 17 valence electrons. The van der Waals surface area contributed by atoms with Crippen molar-refractivity contribution in [2.24, 2.45) is 4.30 Å². The van der Waals surface area contributed by atoms with E-state index in [1.165, 1.54) is 0 Å². The SMILES string of the molecule is [B]SN=[B].